The van der Waals surface area contributed by atoms with E-state index in [2.05, 4.69) is 20.8 Å². The lowest BCUT2D eigenvalue weighted by atomic mass is 10.1. The van der Waals surface area contributed by atoms with E-state index in [0.29, 0.717) is 11.3 Å². The topological polar surface area (TPSA) is 83.5 Å². The van der Waals surface area contributed by atoms with E-state index in [1.165, 1.54) is 12.4 Å². The van der Waals surface area contributed by atoms with Gasteiger partial charge in [0, 0.05) is 18.0 Å². The van der Waals surface area contributed by atoms with Crippen LogP contribution >= 0.6 is 0 Å². The zero-order chi connectivity index (χ0) is 15.8. The van der Waals surface area contributed by atoms with Crippen LogP contribution in [-0.4, -0.2) is 29.1 Å². The maximum atomic E-state index is 11.8. The van der Waals surface area contributed by atoms with Crippen LogP contribution in [0, 0.1) is 0 Å². The second-order valence-electron chi connectivity index (χ2n) is 4.52. The highest BCUT2D eigenvalue weighted by molar-refractivity contribution is 5.99. The van der Waals surface area contributed by atoms with E-state index in [4.69, 9.17) is 0 Å². The Morgan fingerprint density at radius 1 is 1.05 bits per heavy atom. The largest absolute Gasteiger partial charge is 0.343 e. The summed E-state index contributed by atoms with van der Waals surface area (Å²) in [6, 6.07) is 12.6. The van der Waals surface area contributed by atoms with Gasteiger partial charge in [-0.15, -0.1) is 0 Å². The average molecular weight is 296 g/mol. The Hall–Kier alpha value is -3.02. The van der Waals surface area contributed by atoms with Gasteiger partial charge in [0.05, 0.1) is 12.3 Å². The van der Waals surface area contributed by atoms with Crippen LogP contribution in [0.15, 0.2) is 60.0 Å². The van der Waals surface area contributed by atoms with Crippen molar-refractivity contribution in [3.8, 4) is 0 Å². The lowest BCUT2D eigenvalue weighted by Gasteiger charge is -2.05. The highest BCUT2D eigenvalue weighted by Crippen LogP contribution is 1.99. The normalized spacial score (nSPS) is 10.9. The SMILES string of the molecule is CC(=NNC(=O)CNC(=O)c1ccncc1)c1ccccc1. The first-order valence-corrected chi connectivity index (χ1v) is 6.73. The zero-order valence-corrected chi connectivity index (χ0v) is 12.1. The van der Waals surface area contributed by atoms with Crippen LogP contribution in [0.5, 0.6) is 0 Å². The molecular formula is C16H16N4O2. The lowest BCUT2D eigenvalue weighted by molar-refractivity contribution is -0.120. The molecule has 1 heterocycles. The molecule has 0 aliphatic carbocycles. The fourth-order valence-electron chi connectivity index (χ4n) is 1.70. The number of carbonyl (C=O) groups excluding carboxylic acids is 2. The van der Waals surface area contributed by atoms with Gasteiger partial charge in [0.1, 0.15) is 0 Å². The Morgan fingerprint density at radius 3 is 2.41 bits per heavy atom. The van der Waals surface area contributed by atoms with Gasteiger partial charge in [-0.05, 0) is 24.6 Å². The molecule has 2 rings (SSSR count). The molecule has 0 radical (unpaired) electrons. The van der Waals surface area contributed by atoms with Crippen LogP contribution in [-0.2, 0) is 4.79 Å². The van der Waals surface area contributed by atoms with Crippen LogP contribution < -0.4 is 10.7 Å². The Kier molecular flexibility index (Phi) is 5.37. The molecular weight excluding hydrogens is 280 g/mol. The van der Waals surface area contributed by atoms with Crippen molar-refractivity contribution < 1.29 is 9.59 Å². The summed E-state index contributed by atoms with van der Waals surface area (Å²) in [4.78, 5) is 27.2. The number of pyridine rings is 1. The standard InChI is InChI=1S/C16H16N4O2/c1-12(13-5-3-2-4-6-13)19-20-15(21)11-18-16(22)14-7-9-17-10-8-14/h2-10H,11H2,1H3,(H,18,22)(H,20,21). The average Bonchev–Trinajstić information content (AvgIpc) is 2.59. The second-order valence-corrected chi connectivity index (χ2v) is 4.52. The summed E-state index contributed by atoms with van der Waals surface area (Å²) < 4.78 is 0. The third kappa shape index (κ3) is 4.52. The van der Waals surface area contributed by atoms with Crippen LogP contribution in [0.25, 0.3) is 0 Å². The minimum Gasteiger partial charge on any atom is -0.343 e. The number of benzene rings is 1. The van der Waals surface area contributed by atoms with E-state index in [9.17, 15) is 9.59 Å². The fraction of sp³-hybridized carbons (Fsp3) is 0.125. The van der Waals surface area contributed by atoms with Crippen molar-refractivity contribution >= 4 is 17.5 Å². The van der Waals surface area contributed by atoms with Crippen LogP contribution in [0.4, 0.5) is 0 Å². The van der Waals surface area contributed by atoms with Crippen molar-refractivity contribution in [2.45, 2.75) is 6.92 Å². The lowest BCUT2D eigenvalue weighted by Crippen LogP contribution is -2.35. The predicted octanol–water partition coefficient (Wildman–Crippen LogP) is 1.35. The molecule has 0 aliphatic heterocycles. The van der Waals surface area contributed by atoms with Crippen molar-refractivity contribution in [3.63, 3.8) is 0 Å². The molecule has 2 amide bonds. The molecule has 2 aromatic rings. The van der Waals surface area contributed by atoms with Crippen LogP contribution in [0.2, 0.25) is 0 Å². The van der Waals surface area contributed by atoms with Crippen molar-refractivity contribution in [3.05, 3.63) is 66.0 Å². The Labute approximate surface area is 128 Å². The van der Waals surface area contributed by atoms with Gasteiger partial charge in [0.2, 0.25) is 0 Å². The Balaban J connectivity index is 1.82. The first kappa shape index (κ1) is 15.4. The third-order valence-corrected chi connectivity index (χ3v) is 2.89. The highest BCUT2D eigenvalue weighted by atomic mass is 16.2. The first-order chi connectivity index (χ1) is 10.7. The molecule has 0 unspecified atom stereocenters. The maximum absolute atomic E-state index is 11.8. The summed E-state index contributed by atoms with van der Waals surface area (Å²) in [5.74, 6) is -0.723. The molecule has 0 bridgehead atoms. The Morgan fingerprint density at radius 2 is 1.73 bits per heavy atom. The van der Waals surface area contributed by atoms with Crippen molar-refractivity contribution in [1.29, 1.82) is 0 Å². The number of hydrogen-bond donors (Lipinski definition) is 2. The maximum Gasteiger partial charge on any atom is 0.259 e. The molecule has 0 aliphatic rings. The molecule has 112 valence electrons. The minimum atomic E-state index is -0.391. The fourth-order valence-corrected chi connectivity index (χ4v) is 1.70. The van der Waals surface area contributed by atoms with Crippen molar-refractivity contribution in [1.82, 2.24) is 15.7 Å². The number of amides is 2. The van der Waals surface area contributed by atoms with Gasteiger partial charge in [-0.3, -0.25) is 14.6 Å². The molecule has 0 atom stereocenters. The molecule has 22 heavy (non-hydrogen) atoms. The Bertz CT molecular complexity index is 669. The number of nitrogens with one attached hydrogen (secondary N) is 2. The van der Waals surface area contributed by atoms with Crippen LogP contribution in [0.3, 0.4) is 0 Å². The monoisotopic (exact) mass is 296 g/mol. The number of carbonyl (C=O) groups is 2. The summed E-state index contributed by atoms with van der Waals surface area (Å²) in [5.41, 5.74) is 4.47. The van der Waals surface area contributed by atoms with Crippen molar-refractivity contribution in [2.24, 2.45) is 5.10 Å². The number of rotatable bonds is 5. The van der Waals surface area contributed by atoms with Gasteiger partial charge in [0.15, 0.2) is 0 Å². The van der Waals surface area contributed by atoms with E-state index < -0.39 is 5.91 Å². The molecule has 0 saturated carbocycles. The van der Waals surface area contributed by atoms with E-state index >= 15 is 0 Å². The summed E-state index contributed by atoms with van der Waals surface area (Å²) in [7, 11) is 0. The van der Waals surface area contributed by atoms with Gasteiger partial charge in [0.25, 0.3) is 11.8 Å². The second kappa shape index (κ2) is 7.68. The zero-order valence-electron chi connectivity index (χ0n) is 12.1. The molecule has 0 spiro atoms. The molecule has 6 heteroatoms. The van der Waals surface area contributed by atoms with Gasteiger partial charge < -0.3 is 5.32 Å². The molecule has 6 nitrogen and oxygen atoms in total. The molecule has 2 N–H and O–H groups in total. The van der Waals surface area contributed by atoms with Gasteiger partial charge >= 0.3 is 0 Å². The van der Waals surface area contributed by atoms with E-state index in [0.717, 1.165) is 5.56 Å². The number of nitrogens with zero attached hydrogens (tertiary/aromatic N) is 2. The number of aromatic nitrogens is 1. The molecule has 0 fully saturated rings. The quantitative estimate of drug-likeness (QED) is 0.645. The summed E-state index contributed by atoms with van der Waals surface area (Å²) >= 11 is 0. The summed E-state index contributed by atoms with van der Waals surface area (Å²) in [6.07, 6.45) is 3.03. The molecule has 1 aromatic heterocycles. The first-order valence-electron chi connectivity index (χ1n) is 6.73. The third-order valence-electron chi connectivity index (χ3n) is 2.89. The van der Waals surface area contributed by atoms with E-state index in [1.807, 2.05) is 30.3 Å². The van der Waals surface area contributed by atoms with Gasteiger partial charge in [-0.25, -0.2) is 5.43 Å². The summed E-state index contributed by atoms with van der Waals surface area (Å²) in [5, 5.41) is 6.52. The van der Waals surface area contributed by atoms with Gasteiger partial charge in [-0.2, -0.15) is 5.10 Å². The summed E-state index contributed by atoms with van der Waals surface area (Å²) in [6.45, 7) is 1.65. The van der Waals surface area contributed by atoms with E-state index in [-0.39, 0.29) is 12.5 Å². The smallest absolute Gasteiger partial charge is 0.259 e. The van der Waals surface area contributed by atoms with Crippen molar-refractivity contribution in [2.75, 3.05) is 6.54 Å². The van der Waals surface area contributed by atoms with Gasteiger partial charge in [-0.1, -0.05) is 30.3 Å². The molecule has 1 aromatic carbocycles. The minimum absolute atomic E-state index is 0.146. The van der Waals surface area contributed by atoms with E-state index in [1.54, 1.807) is 19.1 Å². The van der Waals surface area contributed by atoms with Crippen LogP contribution in [0.1, 0.15) is 22.8 Å². The molecule has 0 saturated heterocycles. The predicted molar refractivity (Wildman–Crippen MR) is 83.4 cm³/mol. The number of hydrogen-bond acceptors (Lipinski definition) is 4. The number of hydrazone groups is 1. The highest BCUT2D eigenvalue weighted by Gasteiger charge is 2.07.